The Morgan fingerprint density at radius 3 is 2.52 bits per heavy atom. The second-order valence-electron chi connectivity index (χ2n) is 5.10. The maximum atomic E-state index is 12.2. The van der Waals surface area contributed by atoms with E-state index in [1.54, 1.807) is 31.4 Å². The number of ether oxygens (including phenoxy) is 2. The minimum Gasteiger partial charge on any atom is -0.497 e. The molecular formula is C18H17N3O3S. The highest BCUT2D eigenvalue weighted by molar-refractivity contribution is 7.15. The number of anilines is 1. The van der Waals surface area contributed by atoms with Crippen LogP contribution in [-0.4, -0.2) is 29.8 Å². The van der Waals surface area contributed by atoms with Gasteiger partial charge in [-0.3, -0.25) is 10.1 Å². The standard InChI is InChI=1S/C18H17N3O3S/c1-23-14-9-7-13(8-10-14)17(22)19-18-21-20-16(25-18)11-12-24-15-5-3-2-4-6-15/h2-10H,11-12H2,1H3,(H,19,21,22). The Bertz CT molecular complexity index is 819. The fourth-order valence-corrected chi connectivity index (χ4v) is 2.81. The van der Waals surface area contributed by atoms with Gasteiger partial charge in [0.1, 0.15) is 16.5 Å². The monoisotopic (exact) mass is 355 g/mol. The first kappa shape index (κ1) is 16.9. The number of nitrogens with zero attached hydrogens (tertiary/aromatic N) is 2. The molecule has 2 aromatic carbocycles. The fraction of sp³-hybridized carbons (Fsp3) is 0.167. The molecule has 0 radical (unpaired) electrons. The number of para-hydroxylation sites is 1. The van der Waals surface area contributed by atoms with Gasteiger partial charge < -0.3 is 9.47 Å². The molecule has 0 spiro atoms. The van der Waals surface area contributed by atoms with Crippen LogP contribution >= 0.6 is 11.3 Å². The van der Waals surface area contributed by atoms with Crippen LogP contribution in [0.5, 0.6) is 11.5 Å². The van der Waals surface area contributed by atoms with Crippen molar-refractivity contribution in [1.82, 2.24) is 10.2 Å². The van der Waals surface area contributed by atoms with Crippen LogP contribution < -0.4 is 14.8 Å². The molecule has 7 heteroatoms. The zero-order valence-corrected chi connectivity index (χ0v) is 14.5. The molecule has 3 aromatic rings. The van der Waals surface area contributed by atoms with Crippen molar-refractivity contribution in [2.75, 3.05) is 19.0 Å². The van der Waals surface area contributed by atoms with Crippen molar-refractivity contribution in [2.45, 2.75) is 6.42 Å². The second-order valence-corrected chi connectivity index (χ2v) is 6.16. The molecule has 0 aliphatic carbocycles. The Balaban J connectivity index is 1.51. The molecular weight excluding hydrogens is 338 g/mol. The molecule has 0 aliphatic heterocycles. The van der Waals surface area contributed by atoms with E-state index in [-0.39, 0.29) is 5.91 Å². The van der Waals surface area contributed by atoms with E-state index in [9.17, 15) is 4.79 Å². The summed E-state index contributed by atoms with van der Waals surface area (Å²) in [5.74, 6) is 1.29. The summed E-state index contributed by atoms with van der Waals surface area (Å²) in [4.78, 5) is 12.2. The molecule has 1 N–H and O–H groups in total. The van der Waals surface area contributed by atoms with Crippen LogP contribution in [0.15, 0.2) is 54.6 Å². The van der Waals surface area contributed by atoms with Gasteiger partial charge in [-0.15, -0.1) is 10.2 Å². The molecule has 0 bridgehead atoms. The van der Waals surface area contributed by atoms with E-state index in [4.69, 9.17) is 9.47 Å². The van der Waals surface area contributed by atoms with Crippen LogP contribution in [0.3, 0.4) is 0 Å². The molecule has 0 saturated heterocycles. The Hall–Kier alpha value is -2.93. The first-order valence-electron chi connectivity index (χ1n) is 7.70. The molecule has 0 unspecified atom stereocenters. The van der Waals surface area contributed by atoms with E-state index in [1.165, 1.54) is 11.3 Å². The summed E-state index contributed by atoms with van der Waals surface area (Å²) < 4.78 is 10.7. The molecule has 0 fully saturated rings. The summed E-state index contributed by atoms with van der Waals surface area (Å²) in [5, 5.41) is 12.1. The number of aromatic nitrogens is 2. The minimum atomic E-state index is -0.231. The van der Waals surface area contributed by atoms with E-state index in [0.29, 0.717) is 29.5 Å². The van der Waals surface area contributed by atoms with Gasteiger partial charge >= 0.3 is 0 Å². The normalized spacial score (nSPS) is 10.3. The van der Waals surface area contributed by atoms with Crippen LogP contribution in [0, 0.1) is 0 Å². The first-order chi connectivity index (χ1) is 12.2. The summed E-state index contributed by atoms with van der Waals surface area (Å²) >= 11 is 1.34. The van der Waals surface area contributed by atoms with Gasteiger partial charge in [-0.05, 0) is 36.4 Å². The summed E-state index contributed by atoms with van der Waals surface area (Å²) in [6.45, 7) is 0.505. The third-order valence-electron chi connectivity index (χ3n) is 3.37. The predicted octanol–water partition coefficient (Wildman–Crippen LogP) is 3.42. The Kier molecular flexibility index (Phi) is 5.58. The number of methoxy groups -OCH3 is 1. The number of amides is 1. The van der Waals surface area contributed by atoms with Gasteiger partial charge in [0.25, 0.3) is 5.91 Å². The zero-order valence-electron chi connectivity index (χ0n) is 13.6. The van der Waals surface area contributed by atoms with Gasteiger partial charge in [-0.25, -0.2) is 0 Å². The summed E-state index contributed by atoms with van der Waals surface area (Å²) in [6.07, 6.45) is 0.630. The van der Waals surface area contributed by atoms with E-state index in [1.807, 2.05) is 30.3 Å². The van der Waals surface area contributed by atoms with Crippen molar-refractivity contribution in [3.63, 3.8) is 0 Å². The quantitative estimate of drug-likeness (QED) is 0.703. The average molecular weight is 355 g/mol. The zero-order chi connectivity index (χ0) is 17.5. The van der Waals surface area contributed by atoms with Crippen LogP contribution in [0.4, 0.5) is 5.13 Å². The molecule has 3 rings (SSSR count). The summed E-state index contributed by atoms with van der Waals surface area (Å²) in [5.41, 5.74) is 0.532. The highest BCUT2D eigenvalue weighted by Gasteiger charge is 2.10. The fourth-order valence-electron chi connectivity index (χ4n) is 2.09. The van der Waals surface area contributed by atoms with Crippen molar-refractivity contribution in [3.8, 4) is 11.5 Å². The third kappa shape index (κ3) is 4.77. The van der Waals surface area contributed by atoms with Gasteiger partial charge in [0.2, 0.25) is 5.13 Å². The highest BCUT2D eigenvalue weighted by atomic mass is 32.1. The van der Waals surface area contributed by atoms with Crippen LogP contribution in [0.2, 0.25) is 0 Å². The SMILES string of the molecule is COc1ccc(C(=O)Nc2nnc(CCOc3ccccc3)s2)cc1. The smallest absolute Gasteiger partial charge is 0.257 e. The maximum absolute atomic E-state index is 12.2. The Morgan fingerprint density at radius 1 is 1.04 bits per heavy atom. The van der Waals surface area contributed by atoms with Crippen molar-refractivity contribution >= 4 is 22.4 Å². The lowest BCUT2D eigenvalue weighted by Crippen LogP contribution is -2.11. The maximum Gasteiger partial charge on any atom is 0.257 e. The molecule has 0 aliphatic rings. The average Bonchev–Trinajstić information content (AvgIpc) is 3.10. The first-order valence-corrected chi connectivity index (χ1v) is 8.52. The van der Waals surface area contributed by atoms with Gasteiger partial charge in [0.05, 0.1) is 13.7 Å². The van der Waals surface area contributed by atoms with Gasteiger partial charge in [-0.2, -0.15) is 0 Å². The number of benzene rings is 2. The van der Waals surface area contributed by atoms with Gasteiger partial charge in [0, 0.05) is 12.0 Å². The number of hydrogen-bond acceptors (Lipinski definition) is 6. The lowest BCUT2D eigenvalue weighted by Gasteiger charge is -2.03. The predicted molar refractivity (Wildman–Crippen MR) is 96.5 cm³/mol. The molecule has 0 atom stereocenters. The van der Waals surface area contributed by atoms with Crippen LogP contribution in [0.1, 0.15) is 15.4 Å². The number of hydrogen-bond donors (Lipinski definition) is 1. The number of nitrogens with one attached hydrogen (secondary N) is 1. The van der Waals surface area contributed by atoms with E-state index in [0.717, 1.165) is 10.8 Å². The lowest BCUT2D eigenvalue weighted by atomic mass is 10.2. The van der Waals surface area contributed by atoms with Gasteiger partial charge in [0.15, 0.2) is 0 Å². The molecule has 1 aromatic heterocycles. The van der Waals surface area contributed by atoms with Gasteiger partial charge in [-0.1, -0.05) is 29.5 Å². The molecule has 128 valence electrons. The molecule has 0 saturated carbocycles. The molecule has 6 nitrogen and oxygen atoms in total. The molecule has 25 heavy (non-hydrogen) atoms. The number of rotatable bonds is 7. The van der Waals surface area contributed by atoms with E-state index in [2.05, 4.69) is 15.5 Å². The topological polar surface area (TPSA) is 73.3 Å². The van der Waals surface area contributed by atoms with Crippen LogP contribution in [-0.2, 0) is 6.42 Å². The molecule has 1 amide bonds. The Labute approximate surface area is 149 Å². The number of carbonyl (C=O) groups excluding carboxylic acids is 1. The van der Waals surface area contributed by atoms with Crippen LogP contribution in [0.25, 0.3) is 0 Å². The highest BCUT2D eigenvalue weighted by Crippen LogP contribution is 2.18. The van der Waals surface area contributed by atoms with Crippen molar-refractivity contribution in [2.24, 2.45) is 0 Å². The van der Waals surface area contributed by atoms with E-state index >= 15 is 0 Å². The van der Waals surface area contributed by atoms with Crippen molar-refractivity contribution in [3.05, 3.63) is 65.2 Å². The third-order valence-corrected chi connectivity index (χ3v) is 4.27. The Morgan fingerprint density at radius 2 is 1.80 bits per heavy atom. The van der Waals surface area contributed by atoms with E-state index < -0.39 is 0 Å². The lowest BCUT2D eigenvalue weighted by molar-refractivity contribution is 0.102. The van der Waals surface area contributed by atoms with Crippen molar-refractivity contribution < 1.29 is 14.3 Å². The van der Waals surface area contributed by atoms with Crippen molar-refractivity contribution in [1.29, 1.82) is 0 Å². The second kappa shape index (κ2) is 8.25. The number of carbonyl (C=O) groups is 1. The summed E-state index contributed by atoms with van der Waals surface area (Å²) in [7, 11) is 1.58. The summed E-state index contributed by atoms with van der Waals surface area (Å²) in [6, 6.07) is 16.5. The molecule has 1 heterocycles. The minimum absolute atomic E-state index is 0.231. The largest absolute Gasteiger partial charge is 0.497 e.